The number of aromatic nitrogens is 2. The summed E-state index contributed by atoms with van der Waals surface area (Å²) in [7, 11) is 0. The van der Waals surface area contributed by atoms with Crippen molar-refractivity contribution in [2.45, 2.75) is 13.5 Å². The minimum atomic E-state index is -0.943. The highest BCUT2D eigenvalue weighted by Crippen LogP contribution is 2.29. The molecule has 5 heteroatoms. The molecule has 0 bridgehead atoms. The van der Waals surface area contributed by atoms with E-state index in [9.17, 15) is 9.90 Å². The number of carboxylic acid groups (broad SMARTS) is 1. The lowest BCUT2D eigenvalue weighted by Crippen LogP contribution is -2.04. The molecule has 106 valence electrons. The number of rotatable bonds is 3. The van der Waals surface area contributed by atoms with E-state index in [1.165, 1.54) is 0 Å². The van der Waals surface area contributed by atoms with E-state index in [1.54, 1.807) is 18.2 Å². The quantitative estimate of drug-likeness (QED) is 0.775. The van der Waals surface area contributed by atoms with Crippen molar-refractivity contribution in [2.24, 2.45) is 0 Å². The number of nitrogens with zero attached hydrogens (tertiary/aromatic N) is 2. The summed E-state index contributed by atoms with van der Waals surface area (Å²) in [5, 5.41) is 9.37. The summed E-state index contributed by atoms with van der Waals surface area (Å²) < 4.78 is 2.98. The molecule has 0 amide bonds. The first-order valence-corrected chi connectivity index (χ1v) is 7.39. The number of aromatic carboxylic acids is 1. The Morgan fingerprint density at radius 1 is 1.29 bits per heavy atom. The highest BCUT2D eigenvalue weighted by molar-refractivity contribution is 9.10. The second kappa shape index (κ2) is 5.33. The highest BCUT2D eigenvalue weighted by Gasteiger charge is 2.17. The van der Waals surface area contributed by atoms with Gasteiger partial charge in [-0.2, -0.15) is 0 Å². The van der Waals surface area contributed by atoms with E-state index in [2.05, 4.69) is 20.9 Å². The lowest BCUT2D eigenvalue weighted by atomic mass is 10.1. The maximum absolute atomic E-state index is 11.4. The van der Waals surface area contributed by atoms with Crippen molar-refractivity contribution in [3.05, 3.63) is 52.5 Å². The Morgan fingerprint density at radius 2 is 2.05 bits per heavy atom. The molecule has 0 radical (unpaired) electrons. The predicted octanol–water partition coefficient (Wildman–Crippen LogP) is 4.18. The summed E-state index contributed by atoms with van der Waals surface area (Å²) in [6.07, 6.45) is 0. The maximum atomic E-state index is 11.4. The largest absolute Gasteiger partial charge is 0.478 e. The number of hydrogen-bond donors (Lipinski definition) is 1. The molecule has 0 saturated carbocycles. The molecule has 0 spiro atoms. The summed E-state index contributed by atoms with van der Waals surface area (Å²) in [6.45, 7) is 2.75. The summed E-state index contributed by atoms with van der Waals surface area (Å²) in [6, 6.07) is 12.8. The normalized spacial score (nSPS) is 11.0. The zero-order valence-corrected chi connectivity index (χ0v) is 13.0. The first-order chi connectivity index (χ1) is 10.1. The molecule has 3 aromatic rings. The summed E-state index contributed by atoms with van der Waals surface area (Å²) >= 11 is 3.44. The standard InChI is InChI=1S/C16H13BrN2O2/c1-2-19-14-8-7-10(17)9-13(14)18-15(19)11-5-3-4-6-12(11)16(20)21/h3-9H,2H2,1H3,(H,20,21). The average molecular weight is 345 g/mol. The first kappa shape index (κ1) is 13.8. The maximum Gasteiger partial charge on any atom is 0.336 e. The van der Waals surface area contributed by atoms with Crippen molar-refractivity contribution in [1.29, 1.82) is 0 Å². The van der Waals surface area contributed by atoms with Gasteiger partial charge in [-0.1, -0.05) is 34.1 Å². The molecule has 0 unspecified atom stereocenters. The fourth-order valence-electron chi connectivity index (χ4n) is 2.49. The molecule has 21 heavy (non-hydrogen) atoms. The topological polar surface area (TPSA) is 55.1 Å². The monoisotopic (exact) mass is 344 g/mol. The third-order valence-corrected chi connectivity index (χ3v) is 3.92. The Kier molecular flexibility index (Phi) is 3.51. The lowest BCUT2D eigenvalue weighted by molar-refractivity contribution is 0.0697. The van der Waals surface area contributed by atoms with E-state index in [-0.39, 0.29) is 5.56 Å². The Bertz CT molecular complexity index is 839. The minimum absolute atomic E-state index is 0.265. The van der Waals surface area contributed by atoms with E-state index in [0.29, 0.717) is 11.4 Å². The second-order valence-corrected chi connectivity index (χ2v) is 5.58. The molecular formula is C16H13BrN2O2. The van der Waals surface area contributed by atoms with Crippen molar-refractivity contribution in [2.75, 3.05) is 0 Å². The van der Waals surface area contributed by atoms with Gasteiger partial charge in [0.15, 0.2) is 0 Å². The third kappa shape index (κ3) is 2.34. The molecule has 0 fully saturated rings. The molecule has 2 aromatic carbocycles. The van der Waals surface area contributed by atoms with Crippen LogP contribution in [0.2, 0.25) is 0 Å². The van der Waals surface area contributed by atoms with Crippen LogP contribution in [0.25, 0.3) is 22.4 Å². The summed E-state index contributed by atoms with van der Waals surface area (Å²) in [5.41, 5.74) is 2.75. The Labute approximate surface area is 130 Å². The molecule has 4 nitrogen and oxygen atoms in total. The fourth-order valence-corrected chi connectivity index (χ4v) is 2.84. The number of aryl methyl sites for hydroxylation is 1. The van der Waals surface area contributed by atoms with Gasteiger partial charge < -0.3 is 9.67 Å². The van der Waals surface area contributed by atoms with Crippen LogP contribution in [0.3, 0.4) is 0 Å². The summed E-state index contributed by atoms with van der Waals surface area (Å²) in [5.74, 6) is -0.259. The van der Waals surface area contributed by atoms with Crippen LogP contribution in [0.1, 0.15) is 17.3 Å². The van der Waals surface area contributed by atoms with Gasteiger partial charge in [-0.15, -0.1) is 0 Å². The van der Waals surface area contributed by atoms with E-state index >= 15 is 0 Å². The van der Waals surface area contributed by atoms with Gasteiger partial charge in [0.2, 0.25) is 0 Å². The first-order valence-electron chi connectivity index (χ1n) is 6.60. The highest BCUT2D eigenvalue weighted by atomic mass is 79.9. The van der Waals surface area contributed by atoms with E-state index in [1.807, 2.05) is 35.8 Å². The average Bonchev–Trinajstić information content (AvgIpc) is 2.84. The Hall–Kier alpha value is -2.14. The van der Waals surface area contributed by atoms with Gasteiger partial charge in [0.25, 0.3) is 0 Å². The van der Waals surface area contributed by atoms with Crippen LogP contribution in [0, 0.1) is 0 Å². The van der Waals surface area contributed by atoms with Crippen LogP contribution < -0.4 is 0 Å². The lowest BCUT2D eigenvalue weighted by Gasteiger charge is -2.08. The number of hydrogen-bond acceptors (Lipinski definition) is 2. The van der Waals surface area contributed by atoms with E-state index in [0.717, 1.165) is 22.1 Å². The second-order valence-electron chi connectivity index (χ2n) is 4.66. The van der Waals surface area contributed by atoms with E-state index in [4.69, 9.17) is 0 Å². The molecule has 1 aromatic heterocycles. The molecule has 0 atom stereocenters. The molecule has 0 aliphatic carbocycles. The number of carbonyl (C=O) groups is 1. The fraction of sp³-hybridized carbons (Fsp3) is 0.125. The van der Waals surface area contributed by atoms with Crippen molar-refractivity contribution in [1.82, 2.24) is 9.55 Å². The molecular weight excluding hydrogens is 332 g/mol. The van der Waals surface area contributed by atoms with Crippen LogP contribution in [0.4, 0.5) is 0 Å². The molecule has 3 rings (SSSR count). The molecule has 0 aliphatic rings. The SMILES string of the molecule is CCn1c(-c2ccccc2C(=O)O)nc2cc(Br)ccc21. The summed E-state index contributed by atoms with van der Waals surface area (Å²) in [4.78, 5) is 16.0. The predicted molar refractivity (Wildman–Crippen MR) is 85.5 cm³/mol. The van der Waals surface area contributed by atoms with Gasteiger partial charge >= 0.3 is 5.97 Å². The van der Waals surface area contributed by atoms with Gasteiger partial charge in [0.1, 0.15) is 5.82 Å². The van der Waals surface area contributed by atoms with Crippen LogP contribution in [0.5, 0.6) is 0 Å². The third-order valence-electron chi connectivity index (χ3n) is 3.42. The molecule has 0 aliphatic heterocycles. The van der Waals surface area contributed by atoms with Crippen molar-refractivity contribution < 1.29 is 9.90 Å². The van der Waals surface area contributed by atoms with E-state index < -0.39 is 5.97 Å². The molecule has 1 heterocycles. The van der Waals surface area contributed by atoms with Gasteiger partial charge in [-0.3, -0.25) is 0 Å². The van der Waals surface area contributed by atoms with Gasteiger partial charge in [0.05, 0.1) is 16.6 Å². The smallest absolute Gasteiger partial charge is 0.336 e. The van der Waals surface area contributed by atoms with Crippen LogP contribution in [-0.2, 0) is 6.54 Å². The number of halogens is 1. The van der Waals surface area contributed by atoms with Gasteiger partial charge in [-0.25, -0.2) is 9.78 Å². The van der Waals surface area contributed by atoms with Crippen molar-refractivity contribution in [3.8, 4) is 11.4 Å². The number of carboxylic acids is 1. The van der Waals surface area contributed by atoms with Crippen LogP contribution in [-0.4, -0.2) is 20.6 Å². The van der Waals surface area contributed by atoms with Crippen molar-refractivity contribution >= 4 is 32.9 Å². The van der Waals surface area contributed by atoms with Gasteiger partial charge in [-0.05, 0) is 31.2 Å². The Balaban J connectivity index is 2.32. The number of benzene rings is 2. The molecule has 1 N–H and O–H groups in total. The van der Waals surface area contributed by atoms with Crippen LogP contribution in [0.15, 0.2) is 46.9 Å². The zero-order valence-electron chi connectivity index (χ0n) is 11.4. The van der Waals surface area contributed by atoms with Gasteiger partial charge in [0, 0.05) is 16.6 Å². The zero-order chi connectivity index (χ0) is 15.0. The molecule has 0 saturated heterocycles. The number of imidazole rings is 1. The van der Waals surface area contributed by atoms with Crippen LogP contribution >= 0.6 is 15.9 Å². The minimum Gasteiger partial charge on any atom is -0.478 e. The van der Waals surface area contributed by atoms with Crippen molar-refractivity contribution in [3.63, 3.8) is 0 Å². The Morgan fingerprint density at radius 3 is 2.76 bits per heavy atom. The number of fused-ring (bicyclic) bond motifs is 1.